The first-order chi connectivity index (χ1) is 19.6. The number of aliphatic imine (C=N–C) groups is 1. The molecule has 0 saturated heterocycles. The Labute approximate surface area is 243 Å². The molecule has 3 aromatic rings. The quantitative estimate of drug-likeness (QED) is 0.217. The van der Waals surface area contributed by atoms with Crippen molar-refractivity contribution in [1.82, 2.24) is 10.6 Å². The van der Waals surface area contributed by atoms with Crippen molar-refractivity contribution in [2.24, 2.45) is 4.99 Å². The highest BCUT2D eigenvalue weighted by Gasteiger charge is 2.34. The van der Waals surface area contributed by atoms with Crippen molar-refractivity contribution in [3.05, 3.63) is 93.5 Å². The largest absolute Gasteiger partial charge is 0.481 e. The highest BCUT2D eigenvalue weighted by Crippen LogP contribution is 2.30. The summed E-state index contributed by atoms with van der Waals surface area (Å²) in [5, 5.41) is 14.0. The number of hydrogen-bond acceptors (Lipinski definition) is 7. The number of nitrogens with two attached hydrogens (primary N) is 1. The third-order valence-corrected chi connectivity index (χ3v) is 6.70. The number of halogens is 2. The van der Waals surface area contributed by atoms with Gasteiger partial charge < -0.3 is 26.3 Å². The summed E-state index contributed by atoms with van der Waals surface area (Å²) in [6.45, 7) is -0.594. The van der Waals surface area contributed by atoms with E-state index in [4.69, 9.17) is 34.0 Å². The van der Waals surface area contributed by atoms with E-state index in [9.17, 15) is 24.0 Å². The van der Waals surface area contributed by atoms with Crippen LogP contribution >= 0.6 is 23.2 Å². The molecular formula is C28H23Cl2N5O6. The Kier molecular flexibility index (Phi) is 9.00. The van der Waals surface area contributed by atoms with Crippen LogP contribution in [0.5, 0.6) is 0 Å². The van der Waals surface area contributed by atoms with Crippen molar-refractivity contribution in [1.29, 1.82) is 0 Å². The number of carbonyl (C=O) groups is 5. The minimum atomic E-state index is -1.51. The number of nitrogens with one attached hydrogen (secondary N) is 2. The molecule has 0 aliphatic carbocycles. The van der Waals surface area contributed by atoms with Crippen molar-refractivity contribution in [2.75, 3.05) is 17.2 Å². The first kappa shape index (κ1) is 29.2. The van der Waals surface area contributed by atoms with Crippen LogP contribution in [0.4, 0.5) is 11.4 Å². The molecule has 3 amide bonds. The van der Waals surface area contributed by atoms with Gasteiger partial charge in [0.2, 0.25) is 12.1 Å². The van der Waals surface area contributed by atoms with Crippen molar-refractivity contribution >= 4 is 70.3 Å². The van der Waals surface area contributed by atoms with Crippen LogP contribution in [0.2, 0.25) is 10.0 Å². The summed E-state index contributed by atoms with van der Waals surface area (Å²) in [5.41, 5.74) is 7.69. The standard InChI is InChI=1S/C28H23Cl2N5O6/c29-19-10-16(11-20(30)24(19)31)27(40)34-26-28(41)35(13-22(37)32-17(14-36)12-23(38)39)21-9-5-4-8-18(21)25(33-26)15-6-2-1-3-7-15/h1-11,14,17,26H,12-13,31H2,(H,32,37)(H,34,40)(H,38,39). The van der Waals surface area contributed by atoms with E-state index in [1.54, 1.807) is 48.5 Å². The topological polar surface area (TPSA) is 171 Å². The number of aldehydes is 1. The van der Waals surface area contributed by atoms with Crippen LogP contribution in [0.15, 0.2) is 71.7 Å². The van der Waals surface area contributed by atoms with Gasteiger partial charge >= 0.3 is 5.97 Å². The number of benzodiazepines with no additional fused rings is 1. The lowest BCUT2D eigenvalue weighted by atomic mass is 10.0. The zero-order valence-corrected chi connectivity index (χ0v) is 22.7. The number of hydrogen-bond donors (Lipinski definition) is 4. The molecule has 0 saturated carbocycles. The molecule has 0 radical (unpaired) electrons. The van der Waals surface area contributed by atoms with Crippen LogP contribution in [0.3, 0.4) is 0 Å². The molecule has 2 atom stereocenters. The van der Waals surface area contributed by atoms with Gasteiger partial charge in [-0.2, -0.15) is 0 Å². The fourth-order valence-electron chi connectivity index (χ4n) is 4.15. The number of fused-ring (bicyclic) bond motifs is 1. The summed E-state index contributed by atoms with van der Waals surface area (Å²) >= 11 is 12.2. The van der Waals surface area contributed by atoms with Gasteiger partial charge in [0, 0.05) is 16.7 Å². The molecule has 0 aromatic heterocycles. The summed E-state index contributed by atoms with van der Waals surface area (Å²) in [6.07, 6.45) is -1.84. The number of carbonyl (C=O) groups excluding carboxylic acids is 4. The summed E-state index contributed by atoms with van der Waals surface area (Å²) in [5.74, 6) is -3.58. The number of carboxylic acids is 1. The minimum Gasteiger partial charge on any atom is -0.481 e. The molecule has 210 valence electrons. The van der Waals surface area contributed by atoms with E-state index >= 15 is 0 Å². The number of para-hydroxylation sites is 1. The van der Waals surface area contributed by atoms with Gasteiger partial charge in [-0.3, -0.25) is 24.1 Å². The molecule has 3 aromatic carbocycles. The van der Waals surface area contributed by atoms with Gasteiger partial charge in [-0.15, -0.1) is 0 Å². The molecule has 13 heteroatoms. The average molecular weight is 596 g/mol. The normalized spacial score (nSPS) is 15.2. The number of benzene rings is 3. The minimum absolute atomic E-state index is 0.0204. The SMILES string of the molecule is Nc1c(Cl)cc(C(=O)NC2N=C(c3ccccc3)c3ccccc3N(CC(=O)NC(C=O)CC(=O)O)C2=O)cc1Cl. The molecule has 1 aliphatic heterocycles. The third kappa shape index (κ3) is 6.71. The Morgan fingerprint density at radius 3 is 2.32 bits per heavy atom. The number of anilines is 2. The summed E-state index contributed by atoms with van der Waals surface area (Å²) in [7, 11) is 0. The van der Waals surface area contributed by atoms with Crippen LogP contribution in [0, 0.1) is 0 Å². The Morgan fingerprint density at radius 2 is 1.68 bits per heavy atom. The fraction of sp³-hybridized carbons (Fsp3) is 0.143. The van der Waals surface area contributed by atoms with Gasteiger partial charge in [-0.1, -0.05) is 71.7 Å². The summed E-state index contributed by atoms with van der Waals surface area (Å²) in [6, 6.07) is 16.9. The molecule has 0 spiro atoms. The Hall–Kier alpha value is -4.74. The molecule has 0 fully saturated rings. The van der Waals surface area contributed by atoms with E-state index in [1.807, 2.05) is 6.07 Å². The molecule has 1 heterocycles. The van der Waals surface area contributed by atoms with Gasteiger partial charge in [-0.25, -0.2) is 4.99 Å². The lowest BCUT2D eigenvalue weighted by molar-refractivity contribution is -0.138. The van der Waals surface area contributed by atoms with E-state index in [1.165, 1.54) is 12.1 Å². The lowest BCUT2D eigenvalue weighted by Crippen LogP contribution is -2.51. The van der Waals surface area contributed by atoms with Crippen molar-refractivity contribution in [3.63, 3.8) is 0 Å². The summed E-state index contributed by atoms with van der Waals surface area (Å²) in [4.78, 5) is 68.1. The average Bonchev–Trinajstić information content (AvgIpc) is 3.06. The van der Waals surface area contributed by atoms with E-state index in [2.05, 4.69) is 15.6 Å². The predicted octanol–water partition coefficient (Wildman–Crippen LogP) is 2.67. The first-order valence-corrected chi connectivity index (χ1v) is 12.9. The molecule has 0 bridgehead atoms. The number of amides is 3. The maximum Gasteiger partial charge on any atom is 0.305 e. The smallest absolute Gasteiger partial charge is 0.305 e. The number of carboxylic acid groups (broad SMARTS) is 1. The van der Waals surface area contributed by atoms with Gasteiger partial charge in [0.05, 0.1) is 39.6 Å². The molecule has 11 nitrogen and oxygen atoms in total. The van der Waals surface area contributed by atoms with Gasteiger partial charge in [0.15, 0.2) is 0 Å². The Balaban J connectivity index is 1.75. The van der Waals surface area contributed by atoms with Crippen LogP contribution < -0.4 is 21.3 Å². The zero-order valence-electron chi connectivity index (χ0n) is 21.2. The molecule has 2 unspecified atom stereocenters. The van der Waals surface area contributed by atoms with E-state index in [-0.39, 0.29) is 21.3 Å². The second-order valence-corrected chi connectivity index (χ2v) is 9.74. The molecule has 1 aliphatic rings. The van der Waals surface area contributed by atoms with Crippen molar-refractivity contribution in [2.45, 2.75) is 18.6 Å². The maximum absolute atomic E-state index is 13.9. The molecule has 4 rings (SSSR count). The third-order valence-electron chi connectivity index (χ3n) is 6.07. The molecule has 5 N–H and O–H groups in total. The maximum atomic E-state index is 13.9. The zero-order chi connectivity index (χ0) is 29.7. The van der Waals surface area contributed by atoms with E-state index in [0.29, 0.717) is 28.8 Å². The number of rotatable bonds is 9. The highest BCUT2D eigenvalue weighted by atomic mass is 35.5. The fourth-order valence-corrected chi connectivity index (χ4v) is 4.64. The highest BCUT2D eigenvalue weighted by molar-refractivity contribution is 6.39. The monoisotopic (exact) mass is 595 g/mol. The van der Waals surface area contributed by atoms with Gasteiger partial charge in [0.1, 0.15) is 12.8 Å². The number of nitrogens with zero attached hydrogens (tertiary/aromatic N) is 2. The number of aliphatic carboxylic acids is 1. The van der Waals surface area contributed by atoms with Crippen LogP contribution in [0.1, 0.15) is 27.9 Å². The van der Waals surface area contributed by atoms with Gasteiger partial charge in [0.25, 0.3) is 11.8 Å². The predicted molar refractivity (Wildman–Crippen MR) is 153 cm³/mol. The summed E-state index contributed by atoms with van der Waals surface area (Å²) < 4.78 is 0. The second kappa shape index (κ2) is 12.6. The van der Waals surface area contributed by atoms with Crippen LogP contribution in [-0.4, -0.2) is 59.5 Å². The molecule has 41 heavy (non-hydrogen) atoms. The molecular weight excluding hydrogens is 573 g/mol. The van der Waals surface area contributed by atoms with Crippen LogP contribution in [0.25, 0.3) is 0 Å². The second-order valence-electron chi connectivity index (χ2n) is 8.92. The Morgan fingerprint density at radius 1 is 1.05 bits per heavy atom. The van der Waals surface area contributed by atoms with Crippen molar-refractivity contribution < 1.29 is 29.1 Å². The van der Waals surface area contributed by atoms with Crippen molar-refractivity contribution in [3.8, 4) is 0 Å². The van der Waals surface area contributed by atoms with Gasteiger partial charge in [-0.05, 0) is 18.2 Å². The van der Waals surface area contributed by atoms with E-state index in [0.717, 1.165) is 4.90 Å². The lowest BCUT2D eigenvalue weighted by Gasteiger charge is -2.25. The first-order valence-electron chi connectivity index (χ1n) is 12.1. The van der Waals surface area contributed by atoms with Crippen LogP contribution in [-0.2, 0) is 19.2 Å². The Bertz CT molecular complexity index is 1540. The van der Waals surface area contributed by atoms with E-state index < -0.39 is 48.9 Å². The number of nitrogen functional groups attached to an aromatic ring is 1.